The van der Waals surface area contributed by atoms with E-state index in [-0.39, 0.29) is 12.4 Å². The van der Waals surface area contributed by atoms with Gasteiger partial charge >= 0.3 is 0 Å². The lowest BCUT2D eigenvalue weighted by molar-refractivity contribution is -0.117. The predicted octanol–water partition coefficient (Wildman–Crippen LogP) is 3.60. The maximum Gasteiger partial charge on any atom is 0.141 e. The van der Waals surface area contributed by atoms with Crippen LogP contribution in [0, 0.1) is 0 Å². The van der Waals surface area contributed by atoms with Crippen molar-refractivity contribution >= 4 is 5.78 Å². The Balaban J connectivity index is 1.76. The first-order chi connectivity index (χ1) is 11.8. The lowest BCUT2D eigenvalue weighted by Gasteiger charge is -2.10. The summed E-state index contributed by atoms with van der Waals surface area (Å²) in [5.74, 6) is 0.168. The summed E-state index contributed by atoms with van der Waals surface area (Å²) in [5.41, 5.74) is 4.76. The first kappa shape index (κ1) is 16.1. The van der Waals surface area contributed by atoms with E-state index in [0.717, 1.165) is 27.8 Å². The van der Waals surface area contributed by atoms with E-state index in [1.54, 1.807) is 12.4 Å². The van der Waals surface area contributed by atoms with Crippen molar-refractivity contribution in [2.24, 2.45) is 0 Å². The van der Waals surface area contributed by atoms with E-state index >= 15 is 0 Å². The van der Waals surface area contributed by atoms with E-state index in [9.17, 15) is 9.90 Å². The third kappa shape index (κ3) is 3.94. The number of aliphatic hydroxyl groups is 1. The van der Waals surface area contributed by atoms with Crippen molar-refractivity contribution in [3.63, 3.8) is 0 Å². The lowest BCUT2D eigenvalue weighted by atomic mass is 9.96. The van der Waals surface area contributed by atoms with Crippen molar-refractivity contribution in [3.8, 4) is 11.1 Å². The molecular weight excluding hydrogens is 298 g/mol. The van der Waals surface area contributed by atoms with Crippen LogP contribution < -0.4 is 0 Å². The number of benzene rings is 2. The van der Waals surface area contributed by atoms with Crippen molar-refractivity contribution in [2.75, 3.05) is 0 Å². The standard InChI is InChI=1S/C21H19NO2/c23-15-19-12-17(6-7-21(19)18-8-10-22-11-9-18)14-20(24)13-16-4-2-1-3-5-16/h1-12,23H,13-15H2. The number of carbonyl (C=O) groups is 1. The summed E-state index contributed by atoms with van der Waals surface area (Å²) in [4.78, 5) is 16.3. The Labute approximate surface area is 141 Å². The Bertz CT molecular complexity index is 814. The van der Waals surface area contributed by atoms with E-state index < -0.39 is 0 Å². The average molecular weight is 317 g/mol. The van der Waals surface area contributed by atoms with Gasteiger partial charge in [-0.3, -0.25) is 9.78 Å². The van der Waals surface area contributed by atoms with E-state index in [1.807, 2.05) is 60.7 Å². The zero-order valence-electron chi connectivity index (χ0n) is 13.4. The molecule has 0 fully saturated rings. The van der Waals surface area contributed by atoms with Gasteiger partial charge in [0.1, 0.15) is 5.78 Å². The van der Waals surface area contributed by atoms with E-state index in [0.29, 0.717) is 12.8 Å². The minimum absolute atomic E-state index is 0.0572. The van der Waals surface area contributed by atoms with Crippen LogP contribution in [0.15, 0.2) is 73.1 Å². The largest absolute Gasteiger partial charge is 0.392 e. The van der Waals surface area contributed by atoms with Gasteiger partial charge in [-0.15, -0.1) is 0 Å². The molecule has 0 atom stereocenters. The first-order valence-corrected chi connectivity index (χ1v) is 7.95. The molecule has 3 heteroatoms. The zero-order valence-corrected chi connectivity index (χ0v) is 13.4. The molecule has 120 valence electrons. The molecule has 0 saturated heterocycles. The molecular formula is C21H19NO2. The van der Waals surface area contributed by atoms with Crippen molar-refractivity contribution in [1.29, 1.82) is 0 Å². The van der Waals surface area contributed by atoms with Gasteiger partial charge in [0.05, 0.1) is 6.61 Å². The van der Waals surface area contributed by atoms with Crippen LogP contribution in [0.25, 0.3) is 11.1 Å². The van der Waals surface area contributed by atoms with Gasteiger partial charge in [0.2, 0.25) is 0 Å². The number of hydrogen-bond donors (Lipinski definition) is 1. The van der Waals surface area contributed by atoms with E-state index in [4.69, 9.17) is 0 Å². The molecule has 3 nitrogen and oxygen atoms in total. The molecule has 0 spiro atoms. The highest BCUT2D eigenvalue weighted by Crippen LogP contribution is 2.24. The van der Waals surface area contributed by atoms with Gasteiger partial charge in [-0.2, -0.15) is 0 Å². The molecule has 0 saturated carbocycles. The molecule has 1 N–H and O–H groups in total. The zero-order chi connectivity index (χ0) is 16.8. The van der Waals surface area contributed by atoms with Crippen molar-refractivity contribution in [3.05, 3.63) is 89.7 Å². The number of ketones is 1. The van der Waals surface area contributed by atoms with Gasteiger partial charge < -0.3 is 5.11 Å². The molecule has 0 aliphatic carbocycles. The first-order valence-electron chi connectivity index (χ1n) is 7.95. The molecule has 0 amide bonds. The fraction of sp³-hybridized carbons (Fsp3) is 0.143. The second-order valence-corrected chi connectivity index (χ2v) is 5.76. The minimum Gasteiger partial charge on any atom is -0.392 e. The van der Waals surface area contributed by atoms with Crippen LogP contribution in [0.2, 0.25) is 0 Å². The molecule has 24 heavy (non-hydrogen) atoms. The molecule has 3 aromatic rings. The number of hydrogen-bond acceptors (Lipinski definition) is 3. The maximum atomic E-state index is 12.3. The van der Waals surface area contributed by atoms with Crippen molar-refractivity contribution in [2.45, 2.75) is 19.4 Å². The summed E-state index contributed by atoms with van der Waals surface area (Å²) in [6.45, 7) is -0.0572. The van der Waals surface area contributed by atoms with E-state index in [2.05, 4.69) is 4.98 Å². The molecule has 0 bridgehead atoms. The molecule has 2 aromatic carbocycles. The van der Waals surface area contributed by atoms with Gasteiger partial charge in [0, 0.05) is 25.2 Å². The summed E-state index contributed by atoms with van der Waals surface area (Å²) >= 11 is 0. The second-order valence-electron chi connectivity index (χ2n) is 5.76. The van der Waals surface area contributed by atoms with Crippen LogP contribution in [0.1, 0.15) is 16.7 Å². The van der Waals surface area contributed by atoms with Gasteiger partial charge in [0.25, 0.3) is 0 Å². The van der Waals surface area contributed by atoms with Gasteiger partial charge in [-0.25, -0.2) is 0 Å². The predicted molar refractivity (Wildman–Crippen MR) is 94.5 cm³/mol. The monoisotopic (exact) mass is 317 g/mol. The summed E-state index contributed by atoms with van der Waals surface area (Å²) in [5, 5.41) is 9.67. The van der Waals surface area contributed by atoms with Crippen LogP contribution in [-0.2, 0) is 24.2 Å². The van der Waals surface area contributed by atoms with Crippen molar-refractivity contribution < 1.29 is 9.90 Å². The summed E-state index contributed by atoms with van der Waals surface area (Å²) < 4.78 is 0. The van der Waals surface area contributed by atoms with Gasteiger partial charge in [0.15, 0.2) is 0 Å². The highest BCUT2D eigenvalue weighted by atomic mass is 16.3. The SMILES string of the molecule is O=C(Cc1ccccc1)Cc1ccc(-c2ccncc2)c(CO)c1. The Morgan fingerprint density at radius 2 is 1.58 bits per heavy atom. The van der Waals surface area contributed by atoms with E-state index in [1.165, 1.54) is 0 Å². The summed E-state index contributed by atoms with van der Waals surface area (Å²) in [6, 6.07) is 19.4. The maximum absolute atomic E-state index is 12.3. The number of aromatic nitrogens is 1. The number of Topliss-reactive ketones (excluding diaryl/α,β-unsaturated/α-hetero) is 1. The van der Waals surface area contributed by atoms with Gasteiger partial charge in [-0.1, -0.05) is 48.5 Å². The van der Waals surface area contributed by atoms with Crippen LogP contribution in [0.4, 0.5) is 0 Å². The average Bonchev–Trinajstić information content (AvgIpc) is 2.63. The minimum atomic E-state index is -0.0572. The van der Waals surface area contributed by atoms with Crippen molar-refractivity contribution in [1.82, 2.24) is 4.98 Å². The summed E-state index contributed by atoms with van der Waals surface area (Å²) in [6.07, 6.45) is 4.27. The number of nitrogens with zero attached hydrogens (tertiary/aromatic N) is 1. The molecule has 3 rings (SSSR count). The number of rotatable bonds is 6. The number of pyridine rings is 1. The van der Waals surface area contributed by atoms with Crippen LogP contribution in [0.5, 0.6) is 0 Å². The third-order valence-corrected chi connectivity index (χ3v) is 3.98. The fourth-order valence-electron chi connectivity index (χ4n) is 2.81. The normalized spacial score (nSPS) is 10.5. The number of aliphatic hydroxyl groups excluding tert-OH is 1. The molecule has 0 radical (unpaired) electrons. The quantitative estimate of drug-likeness (QED) is 0.756. The fourth-order valence-corrected chi connectivity index (χ4v) is 2.81. The van der Waals surface area contributed by atoms with Gasteiger partial charge in [-0.05, 0) is 39.9 Å². The highest BCUT2D eigenvalue weighted by Gasteiger charge is 2.09. The Hall–Kier alpha value is -2.78. The number of carbonyl (C=O) groups excluding carboxylic acids is 1. The smallest absolute Gasteiger partial charge is 0.141 e. The van der Waals surface area contributed by atoms with Crippen LogP contribution >= 0.6 is 0 Å². The highest BCUT2D eigenvalue weighted by molar-refractivity contribution is 5.83. The lowest BCUT2D eigenvalue weighted by Crippen LogP contribution is -2.07. The molecule has 0 aliphatic rings. The third-order valence-electron chi connectivity index (χ3n) is 3.98. The molecule has 1 aromatic heterocycles. The molecule has 0 aliphatic heterocycles. The van der Waals surface area contributed by atoms with Crippen LogP contribution in [0.3, 0.4) is 0 Å². The Kier molecular flexibility index (Phi) is 5.14. The Morgan fingerprint density at radius 1 is 0.875 bits per heavy atom. The summed E-state index contributed by atoms with van der Waals surface area (Å²) in [7, 11) is 0. The topological polar surface area (TPSA) is 50.2 Å². The second kappa shape index (κ2) is 7.66. The molecule has 1 heterocycles. The van der Waals surface area contributed by atoms with Crippen LogP contribution in [-0.4, -0.2) is 15.9 Å². The molecule has 0 unspecified atom stereocenters. The Morgan fingerprint density at radius 3 is 2.29 bits per heavy atom.